The second-order valence-corrected chi connectivity index (χ2v) is 2.84. The number of allylic oxidation sites excluding steroid dienone is 2. The second kappa shape index (κ2) is 3.95. The standard InChI is InChI=1S/C7H5F7N2/c8-3-4(6(9,10)11)15-1-2-16-5(3)7(12,13)14/h15H,1-2H2. The van der Waals surface area contributed by atoms with Gasteiger partial charge in [0, 0.05) is 6.54 Å². The Labute approximate surface area is 84.8 Å². The van der Waals surface area contributed by atoms with Gasteiger partial charge in [0.15, 0.2) is 17.2 Å². The summed E-state index contributed by atoms with van der Waals surface area (Å²) in [5, 5.41) is 1.54. The molecule has 1 rings (SSSR count). The highest BCUT2D eigenvalue weighted by Gasteiger charge is 2.46. The van der Waals surface area contributed by atoms with Gasteiger partial charge in [0.25, 0.3) is 0 Å². The molecule has 0 aromatic carbocycles. The average Bonchev–Trinajstić information content (AvgIpc) is 2.23. The van der Waals surface area contributed by atoms with Crippen molar-refractivity contribution in [2.45, 2.75) is 12.4 Å². The van der Waals surface area contributed by atoms with Crippen molar-refractivity contribution in [2.24, 2.45) is 4.99 Å². The molecule has 0 spiro atoms. The molecular weight excluding hydrogens is 245 g/mol. The molecule has 1 N–H and O–H groups in total. The van der Waals surface area contributed by atoms with Crippen LogP contribution in [0.15, 0.2) is 16.5 Å². The third-order valence-electron chi connectivity index (χ3n) is 1.66. The van der Waals surface area contributed by atoms with Gasteiger partial charge in [0.1, 0.15) is 0 Å². The Hall–Kier alpha value is -1.28. The van der Waals surface area contributed by atoms with E-state index in [-0.39, 0.29) is 0 Å². The van der Waals surface area contributed by atoms with Gasteiger partial charge in [0.05, 0.1) is 6.54 Å². The molecule has 0 atom stereocenters. The minimum Gasteiger partial charge on any atom is -0.377 e. The van der Waals surface area contributed by atoms with Crippen LogP contribution in [-0.2, 0) is 0 Å². The molecule has 0 aromatic rings. The fourth-order valence-electron chi connectivity index (χ4n) is 1.05. The van der Waals surface area contributed by atoms with Crippen molar-refractivity contribution in [3.05, 3.63) is 11.5 Å². The van der Waals surface area contributed by atoms with Crippen molar-refractivity contribution in [1.82, 2.24) is 5.32 Å². The molecule has 0 saturated heterocycles. The zero-order chi connectivity index (χ0) is 12.6. The molecule has 0 amide bonds. The minimum absolute atomic E-state index is 0.512. The molecule has 0 aliphatic carbocycles. The summed E-state index contributed by atoms with van der Waals surface area (Å²) in [6, 6.07) is 0. The summed E-state index contributed by atoms with van der Waals surface area (Å²) in [5.41, 5.74) is -4.18. The summed E-state index contributed by atoms with van der Waals surface area (Å²) in [5.74, 6) is -2.42. The Morgan fingerprint density at radius 2 is 1.56 bits per heavy atom. The number of nitrogens with one attached hydrogen (secondary N) is 1. The Balaban J connectivity index is 3.24. The van der Waals surface area contributed by atoms with E-state index >= 15 is 0 Å². The molecule has 0 fully saturated rings. The van der Waals surface area contributed by atoms with Crippen molar-refractivity contribution < 1.29 is 30.7 Å². The highest BCUT2D eigenvalue weighted by Crippen LogP contribution is 2.32. The van der Waals surface area contributed by atoms with Gasteiger partial charge in [-0.25, -0.2) is 4.39 Å². The third kappa shape index (κ3) is 2.64. The molecule has 0 saturated carbocycles. The Bertz CT molecular complexity index is 336. The SMILES string of the molecule is FC1=C(C(F)(F)F)NCCN=C1C(F)(F)F. The molecule has 0 unspecified atom stereocenters. The lowest BCUT2D eigenvalue weighted by Crippen LogP contribution is -2.31. The van der Waals surface area contributed by atoms with E-state index in [2.05, 4.69) is 4.99 Å². The lowest BCUT2D eigenvalue weighted by Gasteiger charge is -2.14. The van der Waals surface area contributed by atoms with Gasteiger partial charge in [0.2, 0.25) is 0 Å². The van der Waals surface area contributed by atoms with E-state index in [1.807, 2.05) is 0 Å². The van der Waals surface area contributed by atoms with E-state index in [0.29, 0.717) is 0 Å². The van der Waals surface area contributed by atoms with Crippen LogP contribution in [0.25, 0.3) is 0 Å². The van der Waals surface area contributed by atoms with Crippen LogP contribution in [0.1, 0.15) is 0 Å². The largest absolute Gasteiger partial charge is 0.435 e. The lowest BCUT2D eigenvalue weighted by atomic mass is 10.2. The van der Waals surface area contributed by atoms with Crippen molar-refractivity contribution >= 4 is 5.71 Å². The lowest BCUT2D eigenvalue weighted by molar-refractivity contribution is -0.0985. The molecule has 1 heterocycles. The van der Waals surface area contributed by atoms with Crippen LogP contribution < -0.4 is 5.32 Å². The molecule has 0 radical (unpaired) electrons. The molecule has 2 nitrogen and oxygen atoms in total. The first-order chi connectivity index (χ1) is 7.14. The Kier molecular flexibility index (Phi) is 3.15. The topological polar surface area (TPSA) is 24.4 Å². The van der Waals surface area contributed by atoms with Gasteiger partial charge in [-0.3, -0.25) is 4.99 Å². The third-order valence-corrected chi connectivity index (χ3v) is 1.66. The maximum Gasteiger partial charge on any atom is 0.435 e. The van der Waals surface area contributed by atoms with Crippen molar-refractivity contribution in [1.29, 1.82) is 0 Å². The smallest absolute Gasteiger partial charge is 0.377 e. The summed E-state index contributed by atoms with van der Waals surface area (Å²) in [6.45, 7) is -1.09. The molecule has 1 aliphatic rings. The van der Waals surface area contributed by atoms with Crippen molar-refractivity contribution in [3.63, 3.8) is 0 Å². The number of hydrogen-bond donors (Lipinski definition) is 1. The highest BCUT2D eigenvalue weighted by atomic mass is 19.4. The summed E-state index contributed by atoms with van der Waals surface area (Å²) < 4.78 is 85.9. The van der Waals surface area contributed by atoms with Crippen molar-refractivity contribution in [3.8, 4) is 0 Å². The number of hydrogen-bond acceptors (Lipinski definition) is 2. The number of halogens is 7. The zero-order valence-corrected chi connectivity index (χ0v) is 7.51. The summed E-state index contributed by atoms with van der Waals surface area (Å²) in [4.78, 5) is 2.74. The maximum absolute atomic E-state index is 13.0. The zero-order valence-electron chi connectivity index (χ0n) is 7.51. The van der Waals surface area contributed by atoms with Gasteiger partial charge in [-0.1, -0.05) is 0 Å². The first kappa shape index (κ1) is 12.8. The fraction of sp³-hybridized carbons (Fsp3) is 0.571. The first-order valence-electron chi connectivity index (χ1n) is 3.97. The number of rotatable bonds is 0. The van der Waals surface area contributed by atoms with E-state index in [1.54, 1.807) is 0 Å². The Morgan fingerprint density at radius 1 is 1.00 bits per heavy atom. The summed E-state index contributed by atoms with van der Waals surface area (Å²) >= 11 is 0. The van der Waals surface area contributed by atoms with Crippen LogP contribution in [0.2, 0.25) is 0 Å². The summed E-state index contributed by atoms with van der Waals surface area (Å²) in [7, 11) is 0. The molecule has 0 bridgehead atoms. The van der Waals surface area contributed by atoms with Gasteiger partial charge >= 0.3 is 12.4 Å². The predicted molar refractivity (Wildman–Crippen MR) is 40.5 cm³/mol. The highest BCUT2D eigenvalue weighted by molar-refractivity contribution is 6.03. The molecule has 16 heavy (non-hydrogen) atoms. The van der Waals surface area contributed by atoms with Crippen molar-refractivity contribution in [2.75, 3.05) is 13.1 Å². The van der Waals surface area contributed by atoms with E-state index < -0.39 is 42.7 Å². The predicted octanol–water partition coefficient (Wildman–Crippen LogP) is 2.34. The molecule has 0 aromatic heterocycles. The quantitative estimate of drug-likeness (QED) is 0.655. The number of nitrogens with zero attached hydrogens (tertiary/aromatic N) is 1. The van der Waals surface area contributed by atoms with Crippen LogP contribution in [0.4, 0.5) is 30.7 Å². The molecular formula is C7H5F7N2. The molecule has 9 heteroatoms. The normalized spacial score (nSPS) is 19.1. The number of aliphatic imine (C=N–C) groups is 1. The van der Waals surface area contributed by atoms with Crippen LogP contribution in [0, 0.1) is 0 Å². The van der Waals surface area contributed by atoms with E-state index in [0.717, 1.165) is 0 Å². The van der Waals surface area contributed by atoms with Crippen LogP contribution in [0.5, 0.6) is 0 Å². The first-order valence-corrected chi connectivity index (χ1v) is 3.97. The molecule has 1 aliphatic heterocycles. The van der Waals surface area contributed by atoms with E-state index in [9.17, 15) is 30.7 Å². The second-order valence-electron chi connectivity index (χ2n) is 2.84. The van der Waals surface area contributed by atoms with Gasteiger partial charge in [-0.2, -0.15) is 26.3 Å². The maximum atomic E-state index is 13.0. The van der Waals surface area contributed by atoms with E-state index in [4.69, 9.17) is 0 Å². The van der Waals surface area contributed by atoms with Gasteiger partial charge in [-0.05, 0) is 0 Å². The average molecular weight is 250 g/mol. The fourth-order valence-corrected chi connectivity index (χ4v) is 1.05. The summed E-state index contributed by atoms with van der Waals surface area (Å²) in [6.07, 6.45) is -10.5. The van der Waals surface area contributed by atoms with E-state index in [1.165, 1.54) is 5.32 Å². The Morgan fingerprint density at radius 3 is 2.00 bits per heavy atom. The monoisotopic (exact) mass is 250 g/mol. The van der Waals surface area contributed by atoms with Crippen LogP contribution >= 0.6 is 0 Å². The van der Waals surface area contributed by atoms with Gasteiger partial charge < -0.3 is 5.32 Å². The number of alkyl halides is 6. The van der Waals surface area contributed by atoms with Gasteiger partial charge in [-0.15, -0.1) is 0 Å². The molecule has 92 valence electrons. The van der Waals surface area contributed by atoms with Crippen LogP contribution in [-0.4, -0.2) is 31.2 Å². The minimum atomic E-state index is -5.24. The van der Waals surface area contributed by atoms with Crippen LogP contribution in [0.3, 0.4) is 0 Å².